The summed E-state index contributed by atoms with van der Waals surface area (Å²) >= 11 is 0. The Morgan fingerprint density at radius 1 is 1.31 bits per heavy atom. The fourth-order valence-electron chi connectivity index (χ4n) is 1.06. The van der Waals surface area contributed by atoms with Gasteiger partial charge < -0.3 is 5.11 Å². The van der Waals surface area contributed by atoms with E-state index in [-0.39, 0.29) is 12.0 Å². The summed E-state index contributed by atoms with van der Waals surface area (Å²) in [5, 5.41) is 9.36. The monoisotopic (exact) mass is 184 g/mol. The highest BCUT2D eigenvalue weighted by Crippen LogP contribution is 2.18. The summed E-state index contributed by atoms with van der Waals surface area (Å²) in [6, 6.07) is 2.98. The molecule has 0 bridgehead atoms. The molecule has 0 heterocycles. The summed E-state index contributed by atoms with van der Waals surface area (Å²) < 4.78 is 25.3. The van der Waals surface area contributed by atoms with Gasteiger partial charge in [-0.1, -0.05) is 6.08 Å². The maximum atomic E-state index is 12.7. The van der Waals surface area contributed by atoms with Crippen LogP contribution in [0.5, 0.6) is 0 Å². The van der Waals surface area contributed by atoms with Crippen molar-refractivity contribution in [2.24, 2.45) is 0 Å². The van der Waals surface area contributed by atoms with Crippen molar-refractivity contribution < 1.29 is 13.9 Å². The van der Waals surface area contributed by atoms with E-state index in [0.29, 0.717) is 0 Å². The van der Waals surface area contributed by atoms with E-state index in [1.165, 1.54) is 6.08 Å². The fourth-order valence-corrected chi connectivity index (χ4v) is 1.06. The molecule has 0 saturated heterocycles. The second-order valence-electron chi connectivity index (χ2n) is 2.74. The molecular weight excluding hydrogens is 174 g/mol. The van der Waals surface area contributed by atoms with Gasteiger partial charge in [-0.3, -0.25) is 0 Å². The van der Waals surface area contributed by atoms with E-state index < -0.39 is 17.7 Å². The quantitative estimate of drug-likeness (QED) is 0.716. The van der Waals surface area contributed by atoms with Crippen LogP contribution in [0.25, 0.3) is 0 Å². The maximum absolute atomic E-state index is 12.7. The molecule has 0 fully saturated rings. The summed E-state index contributed by atoms with van der Waals surface area (Å²) in [6.07, 6.45) is 0.888. The average Bonchev–Trinajstić information content (AvgIpc) is 2.03. The summed E-state index contributed by atoms with van der Waals surface area (Å²) in [5.41, 5.74) is 0.234. The first-order valence-corrected chi connectivity index (χ1v) is 3.88. The molecule has 1 nitrogen and oxygen atoms in total. The van der Waals surface area contributed by atoms with Crippen molar-refractivity contribution in [1.82, 2.24) is 0 Å². The van der Waals surface area contributed by atoms with Crippen molar-refractivity contribution in [2.45, 2.75) is 12.5 Å². The lowest BCUT2D eigenvalue weighted by atomic mass is 10.1. The lowest BCUT2D eigenvalue weighted by Crippen LogP contribution is -1.97. The topological polar surface area (TPSA) is 20.2 Å². The third kappa shape index (κ3) is 2.63. The van der Waals surface area contributed by atoms with Crippen molar-refractivity contribution in [3.63, 3.8) is 0 Å². The van der Waals surface area contributed by atoms with E-state index in [1.54, 1.807) is 0 Å². The van der Waals surface area contributed by atoms with Gasteiger partial charge in [-0.2, -0.15) is 0 Å². The van der Waals surface area contributed by atoms with Gasteiger partial charge in [-0.15, -0.1) is 6.58 Å². The van der Waals surface area contributed by atoms with Crippen molar-refractivity contribution in [3.05, 3.63) is 48.1 Å². The van der Waals surface area contributed by atoms with Gasteiger partial charge in [0.15, 0.2) is 0 Å². The van der Waals surface area contributed by atoms with Gasteiger partial charge in [0, 0.05) is 6.07 Å². The number of hydrogen-bond donors (Lipinski definition) is 1. The number of benzene rings is 1. The van der Waals surface area contributed by atoms with Gasteiger partial charge in [-0.25, -0.2) is 8.78 Å². The molecule has 13 heavy (non-hydrogen) atoms. The van der Waals surface area contributed by atoms with E-state index >= 15 is 0 Å². The molecule has 1 unspecified atom stereocenters. The first-order chi connectivity index (χ1) is 6.13. The molecule has 1 aromatic carbocycles. The predicted octanol–water partition coefficient (Wildman–Crippen LogP) is 2.57. The number of rotatable bonds is 3. The van der Waals surface area contributed by atoms with Crippen LogP contribution in [0.1, 0.15) is 18.1 Å². The van der Waals surface area contributed by atoms with Crippen LogP contribution in [0.2, 0.25) is 0 Å². The van der Waals surface area contributed by atoms with Crippen LogP contribution in [0.3, 0.4) is 0 Å². The second kappa shape index (κ2) is 4.14. The zero-order chi connectivity index (χ0) is 9.84. The fraction of sp³-hybridized carbons (Fsp3) is 0.200. The Morgan fingerprint density at radius 2 is 1.85 bits per heavy atom. The summed E-state index contributed by atoms with van der Waals surface area (Å²) in [7, 11) is 0. The van der Waals surface area contributed by atoms with Crippen LogP contribution in [0, 0.1) is 11.6 Å². The summed E-state index contributed by atoms with van der Waals surface area (Å²) in [4.78, 5) is 0. The van der Waals surface area contributed by atoms with E-state index in [1.807, 2.05) is 0 Å². The van der Waals surface area contributed by atoms with E-state index in [4.69, 9.17) is 0 Å². The molecule has 0 aromatic heterocycles. The van der Waals surface area contributed by atoms with Gasteiger partial charge >= 0.3 is 0 Å². The van der Waals surface area contributed by atoms with Crippen LogP contribution in [0.4, 0.5) is 8.78 Å². The SMILES string of the molecule is C=CCC(O)c1cc(F)cc(F)c1. The van der Waals surface area contributed by atoms with Crippen LogP contribution < -0.4 is 0 Å². The molecule has 0 saturated carbocycles. The first kappa shape index (κ1) is 9.86. The molecule has 0 radical (unpaired) electrons. The molecular formula is C10H10F2O. The average molecular weight is 184 g/mol. The number of hydrogen-bond acceptors (Lipinski definition) is 1. The Hall–Kier alpha value is -1.22. The zero-order valence-electron chi connectivity index (χ0n) is 7.00. The smallest absolute Gasteiger partial charge is 0.126 e. The van der Waals surface area contributed by atoms with Gasteiger partial charge in [-0.05, 0) is 24.1 Å². The molecule has 0 aliphatic rings. The molecule has 0 aliphatic heterocycles. The molecule has 1 N–H and O–H groups in total. The summed E-state index contributed by atoms with van der Waals surface area (Å²) in [6.45, 7) is 3.42. The summed E-state index contributed by atoms with van der Waals surface area (Å²) in [5.74, 6) is -1.36. The molecule has 70 valence electrons. The Balaban J connectivity index is 2.93. The molecule has 0 aliphatic carbocycles. The highest BCUT2D eigenvalue weighted by atomic mass is 19.1. The van der Waals surface area contributed by atoms with E-state index in [9.17, 15) is 13.9 Å². The Labute approximate surface area is 75.3 Å². The standard InChI is InChI=1S/C10H10F2O/c1-2-3-10(13)7-4-8(11)6-9(12)5-7/h2,4-6,10,13H,1,3H2. The van der Waals surface area contributed by atoms with Gasteiger partial charge in [0.1, 0.15) is 11.6 Å². The highest BCUT2D eigenvalue weighted by molar-refractivity contribution is 5.20. The second-order valence-corrected chi connectivity index (χ2v) is 2.74. The van der Waals surface area contributed by atoms with E-state index in [2.05, 4.69) is 6.58 Å². The Kier molecular flexibility index (Phi) is 3.14. The molecule has 1 atom stereocenters. The van der Waals surface area contributed by atoms with Crippen molar-refractivity contribution in [3.8, 4) is 0 Å². The minimum absolute atomic E-state index is 0.234. The first-order valence-electron chi connectivity index (χ1n) is 3.88. The molecule has 1 aromatic rings. The van der Waals surface area contributed by atoms with Crippen LogP contribution in [-0.2, 0) is 0 Å². The van der Waals surface area contributed by atoms with Gasteiger partial charge in [0.2, 0.25) is 0 Å². The number of aliphatic hydroxyl groups is 1. The third-order valence-corrected chi connectivity index (χ3v) is 1.66. The minimum Gasteiger partial charge on any atom is -0.388 e. The maximum Gasteiger partial charge on any atom is 0.126 e. The van der Waals surface area contributed by atoms with Crippen LogP contribution in [-0.4, -0.2) is 5.11 Å². The lowest BCUT2D eigenvalue weighted by Gasteiger charge is -2.07. The number of halogens is 2. The van der Waals surface area contributed by atoms with Gasteiger partial charge in [0.25, 0.3) is 0 Å². The Morgan fingerprint density at radius 3 is 2.31 bits per heavy atom. The minimum atomic E-state index is -0.886. The highest BCUT2D eigenvalue weighted by Gasteiger charge is 2.08. The molecule has 0 amide bonds. The van der Waals surface area contributed by atoms with Crippen LogP contribution in [0.15, 0.2) is 30.9 Å². The van der Waals surface area contributed by atoms with Crippen LogP contribution >= 0.6 is 0 Å². The molecule has 1 rings (SSSR count). The number of aliphatic hydroxyl groups excluding tert-OH is 1. The third-order valence-electron chi connectivity index (χ3n) is 1.66. The van der Waals surface area contributed by atoms with E-state index in [0.717, 1.165) is 18.2 Å². The Bertz CT molecular complexity index is 290. The largest absolute Gasteiger partial charge is 0.388 e. The lowest BCUT2D eigenvalue weighted by molar-refractivity contribution is 0.180. The predicted molar refractivity (Wildman–Crippen MR) is 46.1 cm³/mol. The van der Waals surface area contributed by atoms with Crippen molar-refractivity contribution >= 4 is 0 Å². The van der Waals surface area contributed by atoms with Crippen molar-refractivity contribution in [1.29, 1.82) is 0 Å². The van der Waals surface area contributed by atoms with Crippen molar-refractivity contribution in [2.75, 3.05) is 0 Å². The molecule has 3 heteroatoms. The van der Waals surface area contributed by atoms with Gasteiger partial charge in [0.05, 0.1) is 6.10 Å². The molecule has 0 spiro atoms. The normalized spacial score (nSPS) is 12.5. The zero-order valence-corrected chi connectivity index (χ0v) is 7.00.